The monoisotopic (exact) mass is 238 g/mol. The predicted molar refractivity (Wildman–Crippen MR) is 63.3 cm³/mol. The largest absolute Gasteiger partial charge is 0.393 e. The summed E-state index contributed by atoms with van der Waals surface area (Å²) in [5.41, 5.74) is -0.212. The molecule has 0 radical (unpaired) electrons. The van der Waals surface area contributed by atoms with Gasteiger partial charge in [-0.1, -0.05) is 0 Å². The van der Waals surface area contributed by atoms with Gasteiger partial charge in [-0.25, -0.2) is 0 Å². The average Bonchev–Trinajstić information content (AvgIpc) is 2.35. The maximum absolute atomic E-state index is 11.5. The van der Waals surface area contributed by atoms with Crippen LogP contribution in [-0.2, 0) is 11.2 Å². The maximum atomic E-state index is 11.5. The minimum atomic E-state index is -1.26. The van der Waals surface area contributed by atoms with E-state index < -0.39 is 5.60 Å². The summed E-state index contributed by atoms with van der Waals surface area (Å²) < 4.78 is 0. The van der Waals surface area contributed by atoms with E-state index in [0.717, 1.165) is 5.56 Å². The van der Waals surface area contributed by atoms with Crippen LogP contribution in [0.1, 0.15) is 18.9 Å². The Balaban J connectivity index is 2.27. The molecule has 0 aromatic carbocycles. The Bertz CT molecular complexity index is 352. The number of aliphatic hydroxyl groups is 2. The Morgan fingerprint density at radius 3 is 2.71 bits per heavy atom. The molecule has 5 nitrogen and oxygen atoms in total. The van der Waals surface area contributed by atoms with Crippen LogP contribution in [0.4, 0.5) is 0 Å². The molecule has 0 aliphatic heterocycles. The summed E-state index contributed by atoms with van der Waals surface area (Å²) in [5.74, 6) is -0.143. The van der Waals surface area contributed by atoms with Crippen LogP contribution >= 0.6 is 0 Å². The third-order valence-corrected chi connectivity index (χ3v) is 2.40. The Hall–Kier alpha value is -1.46. The first kappa shape index (κ1) is 13.6. The fraction of sp³-hybridized carbons (Fsp3) is 0.500. The third kappa shape index (κ3) is 5.42. The standard InChI is InChI=1S/C12H18N2O3/c1-12(17,9-15)8-14-11(16)3-2-10-4-6-13-7-5-10/h4-7,15,17H,2-3,8-9H2,1H3,(H,14,16). The first-order valence-electron chi connectivity index (χ1n) is 5.52. The number of hydrogen-bond acceptors (Lipinski definition) is 4. The topological polar surface area (TPSA) is 82.5 Å². The molecule has 0 aliphatic rings. The van der Waals surface area contributed by atoms with Crippen molar-refractivity contribution in [2.24, 2.45) is 0 Å². The molecule has 0 aliphatic carbocycles. The number of aryl methyl sites for hydroxylation is 1. The van der Waals surface area contributed by atoms with Gasteiger partial charge in [0.1, 0.15) is 5.60 Å². The normalized spacial score (nSPS) is 14.1. The summed E-state index contributed by atoms with van der Waals surface area (Å²) in [6.07, 6.45) is 4.36. The van der Waals surface area contributed by atoms with Crippen LogP contribution in [0.15, 0.2) is 24.5 Å². The van der Waals surface area contributed by atoms with Gasteiger partial charge in [0.15, 0.2) is 0 Å². The van der Waals surface area contributed by atoms with E-state index in [1.807, 2.05) is 12.1 Å². The second kappa shape index (κ2) is 6.32. The summed E-state index contributed by atoms with van der Waals surface area (Å²) in [6, 6.07) is 3.72. The van der Waals surface area contributed by atoms with Gasteiger partial charge in [0, 0.05) is 25.4 Å². The molecule has 5 heteroatoms. The molecule has 17 heavy (non-hydrogen) atoms. The van der Waals surface area contributed by atoms with Crippen LogP contribution in [-0.4, -0.2) is 39.9 Å². The molecule has 0 saturated carbocycles. The number of pyridine rings is 1. The van der Waals surface area contributed by atoms with Gasteiger partial charge in [0.25, 0.3) is 0 Å². The smallest absolute Gasteiger partial charge is 0.220 e. The number of rotatable bonds is 6. The lowest BCUT2D eigenvalue weighted by Crippen LogP contribution is -2.43. The second-order valence-electron chi connectivity index (χ2n) is 4.29. The fourth-order valence-corrected chi connectivity index (χ4v) is 1.24. The third-order valence-electron chi connectivity index (χ3n) is 2.40. The average molecular weight is 238 g/mol. The Morgan fingerprint density at radius 1 is 1.47 bits per heavy atom. The quantitative estimate of drug-likeness (QED) is 0.645. The molecule has 1 heterocycles. The number of aromatic nitrogens is 1. The molecule has 0 spiro atoms. The molecule has 1 unspecified atom stereocenters. The number of nitrogens with zero attached hydrogens (tertiary/aromatic N) is 1. The molecule has 0 bridgehead atoms. The van der Waals surface area contributed by atoms with Crippen LogP contribution in [0.2, 0.25) is 0 Å². The van der Waals surface area contributed by atoms with Gasteiger partial charge in [-0.2, -0.15) is 0 Å². The molecule has 1 rings (SSSR count). The summed E-state index contributed by atoms with van der Waals surface area (Å²) in [5, 5.41) is 20.9. The van der Waals surface area contributed by atoms with Crippen LogP contribution < -0.4 is 5.32 Å². The van der Waals surface area contributed by atoms with E-state index in [2.05, 4.69) is 10.3 Å². The van der Waals surface area contributed by atoms with E-state index in [1.165, 1.54) is 6.92 Å². The molecule has 3 N–H and O–H groups in total. The number of amides is 1. The highest BCUT2D eigenvalue weighted by atomic mass is 16.3. The summed E-state index contributed by atoms with van der Waals surface area (Å²) in [6.45, 7) is 1.15. The summed E-state index contributed by atoms with van der Waals surface area (Å²) in [7, 11) is 0. The van der Waals surface area contributed by atoms with E-state index in [9.17, 15) is 9.90 Å². The zero-order chi connectivity index (χ0) is 12.7. The highest BCUT2D eigenvalue weighted by molar-refractivity contribution is 5.76. The minimum Gasteiger partial charge on any atom is -0.393 e. The second-order valence-corrected chi connectivity index (χ2v) is 4.29. The maximum Gasteiger partial charge on any atom is 0.220 e. The SMILES string of the molecule is CC(O)(CO)CNC(=O)CCc1ccncc1. The molecular weight excluding hydrogens is 220 g/mol. The minimum absolute atomic E-state index is 0.0542. The molecular formula is C12H18N2O3. The molecule has 1 atom stereocenters. The molecule has 0 saturated heterocycles. The summed E-state index contributed by atoms with van der Waals surface area (Å²) >= 11 is 0. The molecule has 94 valence electrons. The lowest BCUT2D eigenvalue weighted by atomic mass is 10.1. The van der Waals surface area contributed by atoms with Crippen molar-refractivity contribution >= 4 is 5.91 Å². The van der Waals surface area contributed by atoms with Gasteiger partial charge in [0.2, 0.25) is 5.91 Å². The molecule has 1 aromatic heterocycles. The zero-order valence-electron chi connectivity index (χ0n) is 9.89. The van der Waals surface area contributed by atoms with Crippen molar-refractivity contribution in [3.8, 4) is 0 Å². The number of carbonyl (C=O) groups excluding carboxylic acids is 1. The van der Waals surface area contributed by atoms with Crippen molar-refractivity contribution in [2.75, 3.05) is 13.2 Å². The van der Waals surface area contributed by atoms with Crippen molar-refractivity contribution in [3.63, 3.8) is 0 Å². The number of carbonyl (C=O) groups is 1. The zero-order valence-corrected chi connectivity index (χ0v) is 9.89. The van der Waals surface area contributed by atoms with E-state index in [-0.39, 0.29) is 19.1 Å². The van der Waals surface area contributed by atoms with Gasteiger partial charge >= 0.3 is 0 Å². The molecule has 0 fully saturated rings. The number of hydrogen-bond donors (Lipinski definition) is 3. The predicted octanol–water partition coefficient (Wildman–Crippen LogP) is -0.126. The Labute approximate surface area is 101 Å². The lowest BCUT2D eigenvalue weighted by molar-refractivity contribution is -0.122. The van der Waals surface area contributed by atoms with E-state index in [4.69, 9.17) is 5.11 Å². The van der Waals surface area contributed by atoms with Gasteiger partial charge in [0.05, 0.1) is 6.61 Å². The fourth-order valence-electron chi connectivity index (χ4n) is 1.24. The van der Waals surface area contributed by atoms with Crippen LogP contribution in [0.5, 0.6) is 0 Å². The summed E-state index contributed by atoms with van der Waals surface area (Å²) in [4.78, 5) is 15.4. The van der Waals surface area contributed by atoms with Crippen molar-refractivity contribution in [3.05, 3.63) is 30.1 Å². The van der Waals surface area contributed by atoms with Crippen LogP contribution in [0, 0.1) is 0 Å². The van der Waals surface area contributed by atoms with Gasteiger partial charge < -0.3 is 15.5 Å². The van der Waals surface area contributed by atoms with Crippen LogP contribution in [0.3, 0.4) is 0 Å². The van der Waals surface area contributed by atoms with Crippen molar-refractivity contribution in [1.29, 1.82) is 0 Å². The Morgan fingerprint density at radius 2 is 2.12 bits per heavy atom. The van der Waals surface area contributed by atoms with Crippen LogP contribution in [0.25, 0.3) is 0 Å². The van der Waals surface area contributed by atoms with Crippen molar-refractivity contribution in [2.45, 2.75) is 25.4 Å². The van der Waals surface area contributed by atoms with E-state index in [1.54, 1.807) is 12.4 Å². The lowest BCUT2D eigenvalue weighted by Gasteiger charge is -2.20. The molecule has 1 aromatic rings. The van der Waals surface area contributed by atoms with Crippen molar-refractivity contribution < 1.29 is 15.0 Å². The van der Waals surface area contributed by atoms with Gasteiger partial charge in [-0.05, 0) is 31.0 Å². The van der Waals surface area contributed by atoms with E-state index in [0.29, 0.717) is 12.8 Å². The van der Waals surface area contributed by atoms with E-state index >= 15 is 0 Å². The van der Waals surface area contributed by atoms with Gasteiger partial charge in [-0.3, -0.25) is 9.78 Å². The highest BCUT2D eigenvalue weighted by Gasteiger charge is 2.19. The first-order chi connectivity index (χ1) is 8.03. The molecule has 1 amide bonds. The van der Waals surface area contributed by atoms with Gasteiger partial charge in [-0.15, -0.1) is 0 Å². The van der Waals surface area contributed by atoms with Crippen molar-refractivity contribution in [1.82, 2.24) is 10.3 Å². The number of nitrogens with one attached hydrogen (secondary N) is 1. The Kier molecular flexibility index (Phi) is 5.06. The first-order valence-corrected chi connectivity index (χ1v) is 5.52. The highest BCUT2D eigenvalue weighted by Crippen LogP contribution is 2.02. The number of aliphatic hydroxyl groups excluding tert-OH is 1.